The summed E-state index contributed by atoms with van der Waals surface area (Å²) in [6.45, 7) is 0. The first kappa shape index (κ1) is 20.6. The molecule has 6 nitrogen and oxygen atoms in total. The predicted molar refractivity (Wildman–Crippen MR) is 114 cm³/mol. The fraction of sp³-hybridized carbons (Fsp3) is 0.238. The van der Waals surface area contributed by atoms with E-state index in [4.69, 9.17) is 4.74 Å². The lowest BCUT2D eigenvalue weighted by molar-refractivity contribution is -0.124. The van der Waals surface area contributed by atoms with E-state index in [0.717, 1.165) is 12.0 Å². The van der Waals surface area contributed by atoms with Gasteiger partial charge in [0.25, 0.3) is 0 Å². The first-order chi connectivity index (χ1) is 14.3. The zero-order valence-electron chi connectivity index (χ0n) is 16.1. The summed E-state index contributed by atoms with van der Waals surface area (Å²) in [4.78, 5) is 12.4. The standard InChI is InChI=1S/C21H19FN2O4S2/c1-30(26,27)16-8-4-14(5-9-16)20-19(13-2-6-15(22)7-3-13)21(24-23-20)28-18-12-29-11-10-17(18)25/h2-9,18H,10-12H2,1H3,(H,23,24). The molecule has 0 amide bonds. The lowest BCUT2D eigenvalue weighted by atomic mass is 10.0. The second-order valence-electron chi connectivity index (χ2n) is 6.98. The molecule has 30 heavy (non-hydrogen) atoms. The molecule has 0 aliphatic carbocycles. The van der Waals surface area contributed by atoms with E-state index in [1.54, 1.807) is 36.0 Å². The number of aromatic nitrogens is 2. The van der Waals surface area contributed by atoms with E-state index < -0.39 is 15.9 Å². The Bertz CT molecular complexity index is 1170. The molecular formula is C21H19FN2O4S2. The molecule has 1 atom stereocenters. The second-order valence-corrected chi connectivity index (χ2v) is 10.1. The number of thioether (sulfide) groups is 1. The maximum absolute atomic E-state index is 13.5. The molecule has 2 aromatic carbocycles. The van der Waals surface area contributed by atoms with Gasteiger partial charge in [0.05, 0.1) is 16.2 Å². The summed E-state index contributed by atoms with van der Waals surface area (Å²) < 4.78 is 42.9. The van der Waals surface area contributed by atoms with Crippen LogP contribution >= 0.6 is 11.8 Å². The number of H-pyrrole nitrogens is 1. The number of carbonyl (C=O) groups is 1. The highest BCUT2D eigenvalue weighted by molar-refractivity contribution is 7.99. The van der Waals surface area contributed by atoms with Gasteiger partial charge in [-0.3, -0.25) is 9.89 Å². The molecule has 3 aromatic rings. The lowest BCUT2D eigenvalue weighted by Crippen LogP contribution is -2.33. The predicted octanol–water partition coefficient (Wildman–Crippen LogP) is 3.74. The van der Waals surface area contributed by atoms with Crippen LogP contribution in [0.2, 0.25) is 0 Å². The Morgan fingerprint density at radius 3 is 2.40 bits per heavy atom. The van der Waals surface area contributed by atoms with Gasteiger partial charge in [-0.05, 0) is 29.8 Å². The minimum absolute atomic E-state index is 0.0286. The van der Waals surface area contributed by atoms with Crippen molar-refractivity contribution in [2.45, 2.75) is 17.4 Å². The molecule has 2 heterocycles. The molecule has 1 fully saturated rings. The lowest BCUT2D eigenvalue weighted by Gasteiger charge is -2.21. The second kappa shape index (κ2) is 8.23. The maximum atomic E-state index is 13.5. The molecule has 0 bridgehead atoms. The van der Waals surface area contributed by atoms with Crippen molar-refractivity contribution in [3.8, 4) is 28.3 Å². The zero-order valence-corrected chi connectivity index (χ0v) is 17.7. The van der Waals surface area contributed by atoms with Gasteiger partial charge in [-0.2, -0.15) is 11.8 Å². The van der Waals surface area contributed by atoms with E-state index in [0.29, 0.717) is 34.6 Å². The molecule has 0 radical (unpaired) electrons. The number of aromatic amines is 1. The molecule has 1 aliphatic rings. The molecule has 4 rings (SSSR count). The van der Waals surface area contributed by atoms with Gasteiger partial charge >= 0.3 is 0 Å². The number of ether oxygens (including phenoxy) is 1. The number of carbonyl (C=O) groups excluding carboxylic acids is 1. The van der Waals surface area contributed by atoms with Crippen molar-refractivity contribution in [1.82, 2.24) is 10.2 Å². The summed E-state index contributed by atoms with van der Waals surface area (Å²) in [5.74, 6) is 1.24. The smallest absolute Gasteiger partial charge is 0.241 e. The van der Waals surface area contributed by atoms with Crippen LogP contribution < -0.4 is 4.74 Å². The normalized spacial score (nSPS) is 17.1. The summed E-state index contributed by atoms with van der Waals surface area (Å²) in [6, 6.07) is 12.3. The number of benzene rings is 2. The first-order valence-electron chi connectivity index (χ1n) is 9.25. The first-order valence-corrected chi connectivity index (χ1v) is 12.3. The van der Waals surface area contributed by atoms with Crippen molar-refractivity contribution in [3.05, 3.63) is 54.3 Å². The van der Waals surface area contributed by atoms with E-state index in [-0.39, 0.29) is 22.4 Å². The van der Waals surface area contributed by atoms with Crippen molar-refractivity contribution >= 4 is 27.4 Å². The van der Waals surface area contributed by atoms with Gasteiger partial charge in [-0.15, -0.1) is 5.10 Å². The molecule has 1 aromatic heterocycles. The quantitative estimate of drug-likeness (QED) is 0.642. The number of hydrogen-bond donors (Lipinski definition) is 1. The van der Waals surface area contributed by atoms with Crippen LogP contribution in [0.15, 0.2) is 53.4 Å². The minimum atomic E-state index is -3.32. The number of ketones is 1. The van der Waals surface area contributed by atoms with Crippen LogP contribution in [0.25, 0.3) is 22.4 Å². The van der Waals surface area contributed by atoms with E-state index in [1.807, 2.05) is 0 Å². The number of sulfone groups is 1. The summed E-state index contributed by atoms with van der Waals surface area (Å²) in [6.07, 6.45) is 1.00. The molecule has 0 spiro atoms. The van der Waals surface area contributed by atoms with Crippen LogP contribution in [0, 0.1) is 5.82 Å². The van der Waals surface area contributed by atoms with Crippen molar-refractivity contribution in [2.75, 3.05) is 17.8 Å². The fourth-order valence-corrected chi connectivity index (χ4v) is 4.83. The molecule has 9 heteroatoms. The molecule has 1 saturated heterocycles. The number of halogens is 1. The minimum Gasteiger partial charge on any atom is -0.464 e. The Hall–Kier alpha value is -2.65. The average molecular weight is 447 g/mol. The number of nitrogens with zero attached hydrogens (tertiary/aromatic N) is 1. The molecule has 1 N–H and O–H groups in total. The van der Waals surface area contributed by atoms with E-state index in [9.17, 15) is 17.6 Å². The third kappa shape index (κ3) is 4.27. The van der Waals surface area contributed by atoms with Crippen LogP contribution in [0.5, 0.6) is 5.88 Å². The number of rotatable bonds is 5. The zero-order chi connectivity index (χ0) is 21.3. The maximum Gasteiger partial charge on any atom is 0.241 e. The van der Waals surface area contributed by atoms with E-state index in [1.165, 1.54) is 24.3 Å². The summed E-state index contributed by atoms with van der Waals surface area (Å²) >= 11 is 1.65. The molecule has 1 aliphatic heterocycles. The third-order valence-corrected chi connectivity index (χ3v) is 6.97. The van der Waals surface area contributed by atoms with Crippen LogP contribution in [0.1, 0.15) is 6.42 Å². The Kier molecular flexibility index (Phi) is 5.66. The third-order valence-electron chi connectivity index (χ3n) is 4.81. The van der Waals surface area contributed by atoms with Crippen LogP contribution in [-0.4, -0.2) is 48.3 Å². The Balaban J connectivity index is 1.77. The average Bonchev–Trinajstić information content (AvgIpc) is 3.13. The van der Waals surface area contributed by atoms with Crippen molar-refractivity contribution in [2.24, 2.45) is 0 Å². The topological polar surface area (TPSA) is 89.1 Å². The number of hydrogen-bond acceptors (Lipinski definition) is 6. The fourth-order valence-electron chi connectivity index (χ4n) is 3.22. The summed E-state index contributed by atoms with van der Waals surface area (Å²) in [5.41, 5.74) is 2.53. The highest BCUT2D eigenvalue weighted by Crippen LogP contribution is 2.38. The molecule has 1 unspecified atom stereocenters. The van der Waals surface area contributed by atoms with Crippen molar-refractivity contribution < 1.29 is 22.3 Å². The summed E-state index contributed by atoms with van der Waals surface area (Å²) in [5, 5.41) is 7.20. The number of nitrogens with one attached hydrogen (secondary N) is 1. The SMILES string of the molecule is CS(=O)(=O)c1ccc(-c2[nH]nc(OC3CSCCC3=O)c2-c2ccc(F)cc2)cc1. The van der Waals surface area contributed by atoms with Crippen LogP contribution in [0.3, 0.4) is 0 Å². The largest absolute Gasteiger partial charge is 0.464 e. The highest BCUT2D eigenvalue weighted by Gasteiger charge is 2.28. The van der Waals surface area contributed by atoms with E-state index >= 15 is 0 Å². The molecular weight excluding hydrogens is 427 g/mol. The Labute approximate surface area is 177 Å². The van der Waals surface area contributed by atoms with Gasteiger partial charge in [0.15, 0.2) is 21.7 Å². The van der Waals surface area contributed by atoms with Gasteiger partial charge < -0.3 is 4.74 Å². The highest BCUT2D eigenvalue weighted by atomic mass is 32.2. The monoisotopic (exact) mass is 446 g/mol. The Morgan fingerprint density at radius 2 is 1.77 bits per heavy atom. The van der Waals surface area contributed by atoms with Gasteiger partial charge in [0.2, 0.25) is 5.88 Å². The van der Waals surface area contributed by atoms with Crippen LogP contribution in [-0.2, 0) is 14.6 Å². The van der Waals surface area contributed by atoms with E-state index in [2.05, 4.69) is 10.2 Å². The van der Waals surface area contributed by atoms with Crippen LogP contribution in [0.4, 0.5) is 4.39 Å². The molecule has 156 valence electrons. The molecule has 0 saturated carbocycles. The Morgan fingerprint density at radius 1 is 1.10 bits per heavy atom. The van der Waals surface area contributed by atoms with Gasteiger partial charge in [0.1, 0.15) is 5.82 Å². The summed E-state index contributed by atoms with van der Waals surface area (Å²) in [7, 11) is -3.32. The number of Topliss-reactive ketones (excluding diaryl/α,β-unsaturated/α-hetero) is 1. The van der Waals surface area contributed by atoms with Gasteiger partial charge in [0, 0.05) is 29.7 Å². The van der Waals surface area contributed by atoms with Crippen molar-refractivity contribution in [3.63, 3.8) is 0 Å². The van der Waals surface area contributed by atoms with Crippen molar-refractivity contribution in [1.29, 1.82) is 0 Å². The van der Waals surface area contributed by atoms with Gasteiger partial charge in [-0.1, -0.05) is 24.3 Å². The van der Waals surface area contributed by atoms with Gasteiger partial charge in [-0.25, -0.2) is 12.8 Å².